The highest BCUT2D eigenvalue weighted by atomic mass is 16.1. The average molecular weight is 260 g/mol. The van der Waals surface area contributed by atoms with Crippen molar-refractivity contribution in [1.29, 1.82) is 0 Å². The molecule has 0 saturated carbocycles. The van der Waals surface area contributed by atoms with Gasteiger partial charge in [-0.2, -0.15) is 0 Å². The molecule has 1 heterocycles. The second-order valence-corrected chi connectivity index (χ2v) is 5.87. The zero-order chi connectivity index (χ0) is 13.8. The van der Waals surface area contributed by atoms with Gasteiger partial charge in [0.15, 0.2) is 6.29 Å². The lowest BCUT2D eigenvalue weighted by molar-refractivity contribution is 0.112. The van der Waals surface area contributed by atoms with Crippen LogP contribution in [0.1, 0.15) is 28.8 Å². The second-order valence-electron chi connectivity index (χ2n) is 5.87. The predicted octanol–water partition coefficient (Wildman–Crippen LogP) is 2.59. The molecule has 0 N–H and O–H groups in total. The van der Waals surface area contributed by atoms with E-state index in [0.717, 1.165) is 42.1 Å². The van der Waals surface area contributed by atoms with Crippen molar-refractivity contribution in [2.45, 2.75) is 19.8 Å². The Bertz CT molecular complexity index is 434. The molecule has 3 heteroatoms. The number of hydrogen-bond acceptors (Lipinski definition) is 3. The zero-order valence-electron chi connectivity index (χ0n) is 12.2. The van der Waals surface area contributed by atoms with Crippen molar-refractivity contribution in [3.05, 3.63) is 29.3 Å². The van der Waals surface area contributed by atoms with Crippen molar-refractivity contribution in [3.63, 3.8) is 0 Å². The monoisotopic (exact) mass is 260 g/mol. The summed E-state index contributed by atoms with van der Waals surface area (Å²) in [5, 5.41) is 0. The van der Waals surface area contributed by atoms with Gasteiger partial charge in [-0.25, -0.2) is 0 Å². The van der Waals surface area contributed by atoms with Gasteiger partial charge in [-0.15, -0.1) is 0 Å². The lowest BCUT2D eigenvalue weighted by Gasteiger charge is -2.35. The minimum atomic E-state index is 0.788. The topological polar surface area (TPSA) is 23.6 Å². The summed E-state index contributed by atoms with van der Waals surface area (Å²) in [5.41, 5.74) is 3.07. The van der Waals surface area contributed by atoms with Crippen LogP contribution in [0.2, 0.25) is 0 Å². The number of rotatable bonds is 4. The highest BCUT2D eigenvalue weighted by Gasteiger charge is 2.21. The van der Waals surface area contributed by atoms with Crippen LogP contribution in [-0.4, -0.2) is 44.9 Å². The van der Waals surface area contributed by atoms with Crippen LogP contribution < -0.4 is 4.90 Å². The smallest absolute Gasteiger partial charge is 0.152 e. The number of benzene rings is 1. The first-order chi connectivity index (χ1) is 9.10. The zero-order valence-corrected chi connectivity index (χ0v) is 12.2. The molecule has 1 fully saturated rings. The SMILES string of the molecule is Cc1ccc(N2CCC(CN(C)C)CC2)c(C=O)c1. The van der Waals surface area contributed by atoms with E-state index in [1.54, 1.807) is 0 Å². The Labute approximate surface area is 116 Å². The lowest BCUT2D eigenvalue weighted by Crippen LogP contribution is -2.37. The van der Waals surface area contributed by atoms with Gasteiger partial charge in [0.1, 0.15) is 0 Å². The van der Waals surface area contributed by atoms with Gasteiger partial charge in [-0.1, -0.05) is 11.6 Å². The molecule has 1 aromatic rings. The molecule has 0 atom stereocenters. The maximum absolute atomic E-state index is 11.2. The third-order valence-corrected chi connectivity index (χ3v) is 3.89. The Morgan fingerprint density at radius 3 is 2.58 bits per heavy atom. The summed E-state index contributed by atoms with van der Waals surface area (Å²) in [6.45, 7) is 5.31. The van der Waals surface area contributed by atoms with Crippen LogP contribution in [0, 0.1) is 12.8 Å². The number of aldehydes is 1. The van der Waals surface area contributed by atoms with Crippen molar-refractivity contribution in [2.24, 2.45) is 5.92 Å². The molecule has 1 aromatic carbocycles. The van der Waals surface area contributed by atoms with E-state index < -0.39 is 0 Å². The molecule has 0 unspecified atom stereocenters. The van der Waals surface area contributed by atoms with Gasteiger partial charge in [0.25, 0.3) is 0 Å². The first-order valence-corrected chi connectivity index (χ1v) is 7.05. The fourth-order valence-corrected chi connectivity index (χ4v) is 2.93. The fourth-order valence-electron chi connectivity index (χ4n) is 2.93. The Morgan fingerprint density at radius 2 is 2.00 bits per heavy atom. The van der Waals surface area contributed by atoms with Gasteiger partial charge in [0.2, 0.25) is 0 Å². The fraction of sp³-hybridized carbons (Fsp3) is 0.562. The van der Waals surface area contributed by atoms with Gasteiger partial charge in [-0.05, 0) is 51.9 Å². The maximum atomic E-state index is 11.2. The summed E-state index contributed by atoms with van der Waals surface area (Å²) in [4.78, 5) is 15.8. The highest BCUT2D eigenvalue weighted by molar-refractivity contribution is 5.85. The number of nitrogens with zero attached hydrogens (tertiary/aromatic N) is 2. The van der Waals surface area contributed by atoms with Gasteiger partial charge in [-0.3, -0.25) is 4.79 Å². The molecule has 1 saturated heterocycles. The Kier molecular flexibility index (Phi) is 4.59. The summed E-state index contributed by atoms with van der Waals surface area (Å²) in [6.07, 6.45) is 3.41. The largest absolute Gasteiger partial charge is 0.371 e. The van der Waals surface area contributed by atoms with Crippen molar-refractivity contribution in [1.82, 2.24) is 4.90 Å². The van der Waals surface area contributed by atoms with Gasteiger partial charge >= 0.3 is 0 Å². The molecule has 0 bridgehead atoms. The average Bonchev–Trinajstić information content (AvgIpc) is 2.39. The van der Waals surface area contributed by atoms with Crippen LogP contribution in [0.5, 0.6) is 0 Å². The summed E-state index contributed by atoms with van der Waals surface area (Å²) in [7, 11) is 4.27. The van der Waals surface area contributed by atoms with E-state index in [1.165, 1.54) is 19.4 Å². The first-order valence-electron chi connectivity index (χ1n) is 7.05. The quantitative estimate of drug-likeness (QED) is 0.777. The molecule has 0 aliphatic carbocycles. The van der Waals surface area contributed by atoms with E-state index in [4.69, 9.17) is 0 Å². The normalized spacial score (nSPS) is 16.9. The molecule has 2 rings (SSSR count). The van der Waals surface area contributed by atoms with Crippen molar-refractivity contribution in [2.75, 3.05) is 38.6 Å². The van der Waals surface area contributed by atoms with Crippen LogP contribution in [-0.2, 0) is 0 Å². The predicted molar refractivity (Wildman–Crippen MR) is 80.1 cm³/mol. The van der Waals surface area contributed by atoms with E-state index in [2.05, 4.69) is 36.0 Å². The molecule has 0 aromatic heterocycles. The van der Waals surface area contributed by atoms with Crippen molar-refractivity contribution >= 4 is 12.0 Å². The van der Waals surface area contributed by atoms with E-state index >= 15 is 0 Å². The van der Waals surface area contributed by atoms with Gasteiger partial charge < -0.3 is 9.80 Å². The molecular weight excluding hydrogens is 236 g/mol. The summed E-state index contributed by atoms with van der Waals surface area (Å²) in [5.74, 6) is 0.788. The van der Waals surface area contributed by atoms with E-state index in [1.807, 2.05) is 13.0 Å². The Balaban J connectivity index is 2.03. The number of piperidine rings is 1. The van der Waals surface area contributed by atoms with Gasteiger partial charge in [0, 0.05) is 30.9 Å². The summed E-state index contributed by atoms with van der Waals surface area (Å²) >= 11 is 0. The van der Waals surface area contributed by atoms with Crippen LogP contribution in [0.15, 0.2) is 18.2 Å². The summed E-state index contributed by atoms with van der Waals surface area (Å²) in [6, 6.07) is 6.16. The maximum Gasteiger partial charge on any atom is 0.152 e. The first kappa shape index (κ1) is 14.1. The number of aryl methyl sites for hydroxylation is 1. The molecule has 0 spiro atoms. The Hall–Kier alpha value is -1.35. The van der Waals surface area contributed by atoms with E-state index in [0.29, 0.717) is 0 Å². The number of anilines is 1. The lowest BCUT2D eigenvalue weighted by atomic mass is 9.95. The molecule has 0 amide bonds. The van der Waals surface area contributed by atoms with Crippen molar-refractivity contribution in [3.8, 4) is 0 Å². The van der Waals surface area contributed by atoms with Crippen molar-refractivity contribution < 1.29 is 4.79 Å². The highest BCUT2D eigenvalue weighted by Crippen LogP contribution is 2.26. The molecule has 1 aliphatic rings. The molecule has 0 radical (unpaired) electrons. The van der Waals surface area contributed by atoms with E-state index in [-0.39, 0.29) is 0 Å². The van der Waals surface area contributed by atoms with Crippen LogP contribution in [0.3, 0.4) is 0 Å². The third-order valence-electron chi connectivity index (χ3n) is 3.89. The van der Waals surface area contributed by atoms with Crippen LogP contribution in [0.25, 0.3) is 0 Å². The second kappa shape index (κ2) is 6.20. The molecule has 3 nitrogen and oxygen atoms in total. The number of carbonyl (C=O) groups is 1. The minimum Gasteiger partial charge on any atom is -0.371 e. The van der Waals surface area contributed by atoms with E-state index in [9.17, 15) is 4.79 Å². The Morgan fingerprint density at radius 1 is 1.32 bits per heavy atom. The van der Waals surface area contributed by atoms with Crippen LogP contribution in [0.4, 0.5) is 5.69 Å². The third kappa shape index (κ3) is 3.57. The molecule has 104 valence electrons. The van der Waals surface area contributed by atoms with Gasteiger partial charge in [0.05, 0.1) is 0 Å². The number of hydrogen-bond donors (Lipinski definition) is 0. The summed E-state index contributed by atoms with van der Waals surface area (Å²) < 4.78 is 0. The molecule has 1 aliphatic heterocycles. The molecular formula is C16H24N2O. The number of carbonyl (C=O) groups excluding carboxylic acids is 1. The minimum absolute atomic E-state index is 0.788. The molecule has 19 heavy (non-hydrogen) atoms. The van der Waals surface area contributed by atoms with Crippen LogP contribution >= 0.6 is 0 Å². The standard InChI is InChI=1S/C16H24N2O/c1-13-4-5-16(15(10-13)12-19)18-8-6-14(7-9-18)11-17(2)3/h4-5,10,12,14H,6-9,11H2,1-3H3.